The van der Waals surface area contributed by atoms with Crippen molar-refractivity contribution < 1.29 is 4.42 Å². The Bertz CT molecular complexity index is 481. The molecule has 6 nitrogen and oxygen atoms in total. The molecule has 0 aliphatic carbocycles. The molecule has 0 aliphatic heterocycles. The van der Waals surface area contributed by atoms with Gasteiger partial charge in [-0.1, -0.05) is 0 Å². The van der Waals surface area contributed by atoms with Crippen molar-refractivity contribution in [3.05, 3.63) is 18.6 Å². The van der Waals surface area contributed by atoms with Gasteiger partial charge in [0.15, 0.2) is 5.82 Å². The van der Waals surface area contributed by atoms with Crippen LogP contribution in [0.3, 0.4) is 0 Å². The molecule has 0 atom stereocenters. The van der Waals surface area contributed by atoms with E-state index in [1.165, 1.54) is 0 Å². The molecule has 2 aromatic rings. The average Bonchev–Trinajstić information content (AvgIpc) is 2.82. The minimum Gasteiger partial charge on any atom is -0.472 e. The largest absolute Gasteiger partial charge is 0.472 e. The highest BCUT2D eigenvalue weighted by Crippen LogP contribution is 2.18. The minimum absolute atomic E-state index is 0.572. The third-order valence-corrected chi connectivity index (χ3v) is 2.14. The van der Waals surface area contributed by atoms with E-state index in [2.05, 4.69) is 20.3 Å². The van der Waals surface area contributed by atoms with E-state index in [4.69, 9.17) is 4.42 Å². The maximum atomic E-state index is 5.03. The number of hydrogen-bond acceptors (Lipinski definition) is 6. The van der Waals surface area contributed by atoms with E-state index in [0.717, 1.165) is 12.1 Å². The van der Waals surface area contributed by atoms with E-state index in [1.807, 2.05) is 32.0 Å². The summed E-state index contributed by atoms with van der Waals surface area (Å²) in [4.78, 5) is 14.8. The van der Waals surface area contributed by atoms with Crippen LogP contribution in [0.15, 0.2) is 23.0 Å². The van der Waals surface area contributed by atoms with Gasteiger partial charge in [-0.2, -0.15) is 15.0 Å². The third kappa shape index (κ3) is 2.52. The smallest absolute Gasteiger partial charge is 0.230 e. The molecule has 2 aromatic heterocycles. The Kier molecular flexibility index (Phi) is 3.22. The minimum atomic E-state index is 0.572. The van der Waals surface area contributed by atoms with Gasteiger partial charge >= 0.3 is 0 Å². The summed E-state index contributed by atoms with van der Waals surface area (Å²) in [6.07, 6.45) is 3.21. The zero-order valence-electron chi connectivity index (χ0n) is 10.1. The number of nitrogens with one attached hydrogen (secondary N) is 1. The summed E-state index contributed by atoms with van der Waals surface area (Å²) in [7, 11) is 3.79. The van der Waals surface area contributed by atoms with Gasteiger partial charge in [0.2, 0.25) is 11.9 Å². The number of anilines is 2. The van der Waals surface area contributed by atoms with E-state index in [0.29, 0.717) is 17.7 Å². The van der Waals surface area contributed by atoms with Gasteiger partial charge in [-0.15, -0.1) is 0 Å². The van der Waals surface area contributed by atoms with E-state index in [-0.39, 0.29) is 0 Å². The monoisotopic (exact) mass is 233 g/mol. The molecule has 0 amide bonds. The molecule has 90 valence electrons. The maximum absolute atomic E-state index is 5.03. The third-order valence-electron chi connectivity index (χ3n) is 2.14. The van der Waals surface area contributed by atoms with Crippen molar-refractivity contribution in [3.63, 3.8) is 0 Å². The van der Waals surface area contributed by atoms with Crippen LogP contribution in [0.4, 0.5) is 11.9 Å². The lowest BCUT2D eigenvalue weighted by atomic mass is 10.3. The lowest BCUT2D eigenvalue weighted by molar-refractivity contribution is 0.568. The highest BCUT2D eigenvalue weighted by atomic mass is 16.3. The molecule has 2 heterocycles. The van der Waals surface area contributed by atoms with Crippen LogP contribution in [0, 0.1) is 0 Å². The summed E-state index contributed by atoms with van der Waals surface area (Å²) in [5.41, 5.74) is 0.842. The molecule has 6 heteroatoms. The molecular formula is C11H15N5O. The van der Waals surface area contributed by atoms with Gasteiger partial charge in [0.05, 0.1) is 11.8 Å². The molecule has 0 aliphatic rings. The van der Waals surface area contributed by atoms with Crippen LogP contribution in [-0.2, 0) is 0 Å². The van der Waals surface area contributed by atoms with E-state index in [1.54, 1.807) is 12.5 Å². The Morgan fingerprint density at radius 3 is 2.71 bits per heavy atom. The second-order valence-electron chi connectivity index (χ2n) is 3.72. The fraction of sp³-hybridized carbons (Fsp3) is 0.364. The van der Waals surface area contributed by atoms with E-state index in [9.17, 15) is 0 Å². The Labute approximate surface area is 99.7 Å². The van der Waals surface area contributed by atoms with Crippen molar-refractivity contribution in [2.45, 2.75) is 6.92 Å². The first-order valence-corrected chi connectivity index (χ1v) is 5.40. The summed E-state index contributed by atoms with van der Waals surface area (Å²) < 4.78 is 5.03. The fourth-order valence-corrected chi connectivity index (χ4v) is 1.32. The Morgan fingerprint density at radius 1 is 1.29 bits per heavy atom. The van der Waals surface area contributed by atoms with Gasteiger partial charge in [0.1, 0.15) is 6.26 Å². The summed E-state index contributed by atoms with van der Waals surface area (Å²) in [6.45, 7) is 2.76. The van der Waals surface area contributed by atoms with Gasteiger partial charge < -0.3 is 14.6 Å². The number of nitrogens with zero attached hydrogens (tertiary/aromatic N) is 4. The first-order valence-electron chi connectivity index (χ1n) is 5.40. The quantitative estimate of drug-likeness (QED) is 0.865. The highest BCUT2D eigenvalue weighted by Gasteiger charge is 2.10. The zero-order valence-corrected chi connectivity index (χ0v) is 10.1. The van der Waals surface area contributed by atoms with Gasteiger partial charge in [-0.25, -0.2) is 0 Å². The number of hydrogen-bond donors (Lipinski definition) is 1. The van der Waals surface area contributed by atoms with Crippen LogP contribution in [-0.4, -0.2) is 35.6 Å². The predicted octanol–water partition coefficient (Wildman–Crippen LogP) is 1.63. The second-order valence-corrected chi connectivity index (χ2v) is 3.72. The molecular weight excluding hydrogens is 218 g/mol. The molecule has 0 fully saturated rings. The van der Waals surface area contributed by atoms with Crippen LogP contribution in [0.25, 0.3) is 11.4 Å². The van der Waals surface area contributed by atoms with Gasteiger partial charge in [0, 0.05) is 20.6 Å². The Morgan fingerprint density at radius 2 is 2.12 bits per heavy atom. The average molecular weight is 233 g/mol. The molecule has 2 rings (SSSR count). The SMILES string of the molecule is CCNc1nc(-c2ccoc2)nc(N(C)C)n1. The first-order chi connectivity index (χ1) is 8.20. The highest BCUT2D eigenvalue weighted by molar-refractivity contribution is 5.56. The fourth-order valence-electron chi connectivity index (χ4n) is 1.32. The molecule has 0 spiro atoms. The van der Waals surface area contributed by atoms with Gasteiger partial charge in [-0.3, -0.25) is 0 Å². The van der Waals surface area contributed by atoms with Crippen LogP contribution in [0.2, 0.25) is 0 Å². The maximum Gasteiger partial charge on any atom is 0.230 e. The Hall–Kier alpha value is -2.11. The van der Waals surface area contributed by atoms with Crippen molar-refractivity contribution in [1.29, 1.82) is 0 Å². The molecule has 1 N–H and O–H groups in total. The molecule has 0 radical (unpaired) electrons. The van der Waals surface area contributed by atoms with Gasteiger partial charge in [-0.05, 0) is 13.0 Å². The normalized spacial score (nSPS) is 10.3. The van der Waals surface area contributed by atoms with Crippen molar-refractivity contribution in [3.8, 4) is 11.4 Å². The predicted molar refractivity (Wildman–Crippen MR) is 66.0 cm³/mol. The molecule has 0 saturated carbocycles. The van der Waals surface area contributed by atoms with Gasteiger partial charge in [0.25, 0.3) is 0 Å². The lowest BCUT2D eigenvalue weighted by Crippen LogP contribution is -2.15. The van der Waals surface area contributed by atoms with Crippen LogP contribution in [0.5, 0.6) is 0 Å². The number of furan rings is 1. The van der Waals surface area contributed by atoms with Crippen LogP contribution in [0.1, 0.15) is 6.92 Å². The van der Waals surface area contributed by atoms with Crippen LogP contribution >= 0.6 is 0 Å². The lowest BCUT2D eigenvalue weighted by Gasteiger charge is -2.12. The molecule has 0 bridgehead atoms. The Balaban J connectivity index is 2.44. The van der Waals surface area contributed by atoms with Crippen molar-refractivity contribution >= 4 is 11.9 Å². The summed E-state index contributed by atoms with van der Waals surface area (Å²) in [5, 5.41) is 3.09. The zero-order chi connectivity index (χ0) is 12.3. The summed E-state index contributed by atoms with van der Waals surface area (Å²) in [5.74, 6) is 1.79. The van der Waals surface area contributed by atoms with Crippen molar-refractivity contribution in [2.24, 2.45) is 0 Å². The first kappa shape index (κ1) is 11.4. The molecule has 17 heavy (non-hydrogen) atoms. The molecule has 0 saturated heterocycles. The van der Waals surface area contributed by atoms with E-state index < -0.39 is 0 Å². The van der Waals surface area contributed by atoms with Crippen molar-refractivity contribution in [2.75, 3.05) is 30.9 Å². The number of aromatic nitrogens is 3. The standard InChI is InChI=1S/C11H15N5O/c1-4-12-10-13-9(8-5-6-17-7-8)14-11(15-10)16(2)3/h5-7H,4H2,1-3H3,(H,12,13,14,15). The van der Waals surface area contributed by atoms with E-state index >= 15 is 0 Å². The molecule has 0 unspecified atom stereocenters. The van der Waals surface area contributed by atoms with Crippen LogP contribution < -0.4 is 10.2 Å². The van der Waals surface area contributed by atoms with Crippen molar-refractivity contribution in [1.82, 2.24) is 15.0 Å². The topological polar surface area (TPSA) is 67.1 Å². The summed E-state index contributed by atoms with van der Waals surface area (Å²) >= 11 is 0. The molecule has 0 aromatic carbocycles. The second kappa shape index (κ2) is 4.82. The summed E-state index contributed by atoms with van der Waals surface area (Å²) in [6, 6.07) is 1.82. The number of rotatable bonds is 4.